The second kappa shape index (κ2) is 25.5. The van der Waals surface area contributed by atoms with Crippen LogP contribution < -0.4 is 20.9 Å². The topological polar surface area (TPSA) is 208 Å². The number of hydrogen-bond acceptors (Lipinski definition) is 11. The lowest BCUT2D eigenvalue weighted by Gasteiger charge is -2.26. The van der Waals surface area contributed by atoms with E-state index in [0.29, 0.717) is 50.8 Å². The van der Waals surface area contributed by atoms with E-state index in [4.69, 9.17) is 23.7 Å². The van der Waals surface area contributed by atoms with E-state index >= 15 is 0 Å². The molecule has 2 atom stereocenters. The van der Waals surface area contributed by atoms with Crippen LogP contribution in [-0.2, 0) is 54.7 Å². The number of benzene rings is 2. The average Bonchev–Trinajstić information content (AvgIpc) is 3.17. The molecule has 2 aliphatic rings. The predicted molar refractivity (Wildman–Crippen MR) is 214 cm³/mol. The first-order valence-corrected chi connectivity index (χ1v) is 21.0. The van der Waals surface area contributed by atoms with Crippen molar-refractivity contribution in [2.24, 2.45) is 0 Å². The molecule has 4 rings (SSSR count). The zero-order valence-electron chi connectivity index (χ0n) is 32.7. The molecule has 2 unspecified atom stereocenters. The normalized spacial score (nSPS) is 16.0. The van der Waals surface area contributed by atoms with Gasteiger partial charge in [0.15, 0.2) is 5.25 Å². The van der Waals surface area contributed by atoms with E-state index in [9.17, 15) is 32.1 Å². The van der Waals surface area contributed by atoms with Crippen molar-refractivity contribution in [2.45, 2.75) is 62.8 Å². The van der Waals surface area contributed by atoms with Crippen LogP contribution in [0.2, 0.25) is 0 Å². The zero-order chi connectivity index (χ0) is 41.4. The molecule has 316 valence electrons. The van der Waals surface area contributed by atoms with Gasteiger partial charge in [-0.2, -0.15) is 8.42 Å². The molecule has 17 heteroatoms. The van der Waals surface area contributed by atoms with E-state index in [2.05, 4.69) is 39.9 Å². The first kappa shape index (κ1) is 45.9. The van der Waals surface area contributed by atoms with Gasteiger partial charge in [0.1, 0.15) is 6.10 Å². The number of anilines is 1. The molecule has 16 nitrogen and oxygen atoms in total. The van der Waals surface area contributed by atoms with Crippen molar-refractivity contribution in [2.75, 3.05) is 77.4 Å². The number of nitrogens with zero attached hydrogens (tertiary/aromatic N) is 1. The van der Waals surface area contributed by atoms with Gasteiger partial charge in [-0.3, -0.25) is 18.9 Å². The first-order valence-electron chi connectivity index (χ1n) is 19.5. The van der Waals surface area contributed by atoms with E-state index in [0.717, 1.165) is 43.2 Å². The third-order valence-electron chi connectivity index (χ3n) is 9.05. The second-order valence-corrected chi connectivity index (χ2v) is 15.0. The fraction of sp³-hybridized carbons (Fsp3) is 0.512. The Morgan fingerprint density at radius 1 is 0.741 bits per heavy atom. The van der Waals surface area contributed by atoms with Crippen molar-refractivity contribution < 1.29 is 55.8 Å². The molecule has 0 fully saturated rings. The van der Waals surface area contributed by atoms with E-state index in [-0.39, 0.29) is 57.8 Å². The number of fused-ring (bicyclic) bond motifs is 2. The molecule has 0 aromatic heterocycles. The molecule has 0 saturated heterocycles. The Bertz CT molecular complexity index is 1840. The van der Waals surface area contributed by atoms with Crippen LogP contribution in [-0.4, -0.2) is 121 Å². The Morgan fingerprint density at radius 3 is 2.12 bits per heavy atom. The van der Waals surface area contributed by atoms with Gasteiger partial charge in [-0.15, -0.1) is 0 Å². The summed E-state index contributed by atoms with van der Waals surface area (Å²) in [5.74, 6) is 4.27. The summed E-state index contributed by atoms with van der Waals surface area (Å²) in [7, 11) is -4.89. The van der Waals surface area contributed by atoms with Gasteiger partial charge in [-0.25, -0.2) is 4.79 Å². The largest absolute Gasteiger partial charge is 0.446 e. The van der Waals surface area contributed by atoms with Gasteiger partial charge < -0.3 is 44.5 Å². The maximum absolute atomic E-state index is 13.4. The number of carbonyl (C=O) groups is 4. The maximum atomic E-state index is 13.4. The summed E-state index contributed by atoms with van der Waals surface area (Å²) in [4.78, 5) is 52.0. The smallest absolute Gasteiger partial charge is 0.407 e. The van der Waals surface area contributed by atoms with E-state index in [1.165, 1.54) is 0 Å². The average molecular weight is 827 g/mol. The lowest BCUT2D eigenvalue weighted by Crippen LogP contribution is -2.47. The van der Waals surface area contributed by atoms with Gasteiger partial charge in [0.2, 0.25) is 17.7 Å². The summed E-state index contributed by atoms with van der Waals surface area (Å²) in [6.45, 7) is 1.86. The molecule has 0 bridgehead atoms. The van der Waals surface area contributed by atoms with Crippen LogP contribution in [0.4, 0.5) is 10.5 Å². The summed E-state index contributed by atoms with van der Waals surface area (Å²) < 4.78 is 60.9. The molecule has 4 N–H and O–H groups in total. The van der Waals surface area contributed by atoms with Crippen molar-refractivity contribution in [3.63, 3.8) is 0 Å². The monoisotopic (exact) mass is 826 g/mol. The molecule has 4 amide bonds. The number of rotatable bonds is 23. The Labute approximate surface area is 340 Å². The highest BCUT2D eigenvalue weighted by Gasteiger charge is 2.32. The summed E-state index contributed by atoms with van der Waals surface area (Å²) in [5, 5.41) is 5.44. The fourth-order valence-corrected chi connectivity index (χ4v) is 6.61. The van der Waals surface area contributed by atoms with Crippen molar-refractivity contribution in [1.82, 2.24) is 16.0 Å². The van der Waals surface area contributed by atoms with Crippen LogP contribution in [0.15, 0.2) is 60.7 Å². The van der Waals surface area contributed by atoms with E-state index in [1.807, 2.05) is 36.4 Å². The molecule has 1 heterocycles. The van der Waals surface area contributed by atoms with Crippen LogP contribution in [0, 0.1) is 11.8 Å². The molecule has 58 heavy (non-hydrogen) atoms. The Balaban J connectivity index is 1.01. The SMILES string of the molecule is O=C(CCOCCOCCOCCOCCNC(=O)OC1CC/C=C/CCC1)NCC(C(=O)NCCC(=O)N1Cc2ccccc2C#Cc2ccccc21)S(=O)(=O)O. The Kier molecular flexibility index (Phi) is 20.2. The number of allylic oxidation sites excluding steroid dienone is 2. The van der Waals surface area contributed by atoms with E-state index < -0.39 is 39.8 Å². The molecular weight excluding hydrogens is 773 g/mol. The minimum Gasteiger partial charge on any atom is -0.446 e. The summed E-state index contributed by atoms with van der Waals surface area (Å²) in [6, 6.07) is 14.7. The van der Waals surface area contributed by atoms with Gasteiger partial charge in [0.25, 0.3) is 10.1 Å². The highest BCUT2D eigenvalue weighted by Crippen LogP contribution is 2.26. The molecule has 2 aromatic rings. The van der Waals surface area contributed by atoms with Gasteiger partial charge >= 0.3 is 6.09 Å². The lowest BCUT2D eigenvalue weighted by atomic mass is 10.0. The number of para-hydroxylation sites is 1. The molecule has 0 saturated carbocycles. The van der Waals surface area contributed by atoms with Gasteiger partial charge in [0.05, 0.1) is 65.1 Å². The number of hydrogen-bond donors (Lipinski definition) is 4. The van der Waals surface area contributed by atoms with Crippen LogP contribution in [0.1, 0.15) is 61.6 Å². The number of carbonyl (C=O) groups excluding carboxylic acids is 4. The minimum atomic E-state index is -4.89. The molecule has 2 aromatic carbocycles. The number of alkyl carbamates (subject to hydrolysis) is 1. The van der Waals surface area contributed by atoms with Gasteiger partial charge in [0, 0.05) is 43.6 Å². The quantitative estimate of drug-likeness (QED) is 0.0552. The van der Waals surface area contributed by atoms with Crippen molar-refractivity contribution in [3.05, 3.63) is 77.4 Å². The third kappa shape index (κ3) is 16.9. The van der Waals surface area contributed by atoms with Crippen LogP contribution in [0.25, 0.3) is 0 Å². The molecule has 1 aliphatic heterocycles. The highest BCUT2D eigenvalue weighted by molar-refractivity contribution is 7.87. The number of nitrogens with one attached hydrogen (secondary N) is 3. The highest BCUT2D eigenvalue weighted by atomic mass is 32.2. The van der Waals surface area contributed by atoms with Crippen molar-refractivity contribution in [3.8, 4) is 11.8 Å². The Morgan fingerprint density at radius 2 is 1.38 bits per heavy atom. The van der Waals surface area contributed by atoms with Crippen LogP contribution in [0.5, 0.6) is 0 Å². The number of ether oxygens (including phenoxy) is 5. The first-order chi connectivity index (χ1) is 28.1. The minimum absolute atomic E-state index is 0.00826. The zero-order valence-corrected chi connectivity index (χ0v) is 33.5. The fourth-order valence-electron chi connectivity index (χ4n) is 5.97. The molecule has 0 radical (unpaired) electrons. The third-order valence-corrected chi connectivity index (χ3v) is 10.1. The van der Waals surface area contributed by atoms with Gasteiger partial charge in [-0.05, 0) is 55.9 Å². The summed E-state index contributed by atoms with van der Waals surface area (Å²) in [6.07, 6.45) is 8.16. The van der Waals surface area contributed by atoms with E-state index in [1.54, 1.807) is 17.0 Å². The number of amides is 4. The molecule has 0 spiro atoms. The predicted octanol–water partition coefficient (Wildman–Crippen LogP) is 2.88. The Hall–Kier alpha value is -4.83. The maximum Gasteiger partial charge on any atom is 0.407 e. The second-order valence-electron chi connectivity index (χ2n) is 13.4. The summed E-state index contributed by atoms with van der Waals surface area (Å²) in [5.41, 5.74) is 2.92. The molecular formula is C41H54N4O12S. The van der Waals surface area contributed by atoms with Gasteiger partial charge in [-0.1, -0.05) is 54.3 Å². The standard InChI is InChI=1S/C41H54N4O12S/c46-38(19-22-53-24-26-55-28-29-56-27-25-54-23-21-43-41(49)57-35-13-4-2-1-3-5-14-35)44-30-37(58(50,51)52)40(48)42-20-18-39(47)45-31-34-12-7-6-10-32(34)16-17-33-11-8-9-15-36(33)45/h1-2,6-12,15,35,37H,3-5,13-14,18-31H2,(H,42,48)(H,43,49)(H,44,46)(H,50,51,52)/b2-1+. The lowest BCUT2D eigenvalue weighted by molar-refractivity contribution is -0.123. The van der Waals surface area contributed by atoms with Crippen molar-refractivity contribution in [1.29, 1.82) is 0 Å². The summed E-state index contributed by atoms with van der Waals surface area (Å²) >= 11 is 0. The van der Waals surface area contributed by atoms with Crippen molar-refractivity contribution >= 4 is 39.6 Å². The molecule has 1 aliphatic carbocycles. The van der Waals surface area contributed by atoms with Crippen LogP contribution >= 0.6 is 0 Å². The van der Waals surface area contributed by atoms with Crippen LogP contribution in [0.3, 0.4) is 0 Å².